The smallest absolute Gasteiger partial charge is 0.305 e. The van der Waals surface area contributed by atoms with Crippen LogP contribution in [0.5, 0.6) is 0 Å². The number of aromatic amines is 1. The molecule has 2 aromatic heterocycles. The number of hydrogen-bond acceptors (Lipinski definition) is 7. The molecule has 0 unspecified atom stereocenters. The number of rotatable bonds is 8. The van der Waals surface area contributed by atoms with Crippen molar-refractivity contribution in [3.63, 3.8) is 0 Å². The summed E-state index contributed by atoms with van der Waals surface area (Å²) in [5.74, 6) is 0.941. The third kappa shape index (κ3) is 4.98. The number of carbonyl (C=O) groups is 1. The molecule has 0 saturated heterocycles. The second-order valence-corrected chi connectivity index (χ2v) is 8.91. The molecule has 0 radical (unpaired) electrons. The van der Waals surface area contributed by atoms with Crippen LogP contribution in [0.3, 0.4) is 0 Å². The molecule has 2 heterocycles. The maximum atomic E-state index is 12.6. The van der Waals surface area contributed by atoms with Crippen molar-refractivity contribution in [2.45, 2.75) is 58.6 Å². The van der Waals surface area contributed by atoms with Crippen LogP contribution in [0.25, 0.3) is 10.2 Å². The Balaban J connectivity index is 1.64. The summed E-state index contributed by atoms with van der Waals surface area (Å²) in [6, 6.07) is 0. The molecule has 0 bridgehead atoms. The third-order valence-corrected chi connectivity index (χ3v) is 6.20. The highest BCUT2D eigenvalue weighted by Gasteiger charge is 2.23. The fraction of sp³-hybridized carbons (Fsp3) is 0.650. The number of aromatic nitrogens is 2. The van der Waals surface area contributed by atoms with Crippen molar-refractivity contribution in [2.24, 2.45) is 5.92 Å². The van der Waals surface area contributed by atoms with Crippen molar-refractivity contribution in [3.8, 4) is 0 Å². The molecule has 8 heteroatoms. The van der Waals surface area contributed by atoms with E-state index in [2.05, 4.69) is 16.9 Å². The number of hydrogen-bond donors (Lipinski definition) is 2. The Morgan fingerprint density at radius 3 is 3.04 bits per heavy atom. The fourth-order valence-electron chi connectivity index (χ4n) is 3.67. The van der Waals surface area contributed by atoms with Gasteiger partial charge in [-0.05, 0) is 44.2 Å². The molecule has 1 aliphatic carbocycles. The minimum absolute atomic E-state index is 0.0258. The molecule has 3 rings (SSSR count). The van der Waals surface area contributed by atoms with E-state index in [9.17, 15) is 14.7 Å². The molecule has 0 aromatic carbocycles. The molecule has 2 aromatic rings. The summed E-state index contributed by atoms with van der Waals surface area (Å²) in [5.41, 5.74) is 1.10. The van der Waals surface area contributed by atoms with Crippen molar-refractivity contribution < 1.29 is 14.6 Å². The molecule has 0 saturated carbocycles. The van der Waals surface area contributed by atoms with Gasteiger partial charge in [-0.15, -0.1) is 11.3 Å². The minimum Gasteiger partial charge on any atom is -0.463 e. The number of likely N-dealkylation sites (N-methyl/N-ethyl adjacent to an activating group) is 1. The van der Waals surface area contributed by atoms with Crippen LogP contribution < -0.4 is 5.56 Å². The number of aliphatic hydroxyl groups excluding tert-OH is 1. The molecule has 2 atom stereocenters. The van der Waals surface area contributed by atoms with E-state index in [-0.39, 0.29) is 18.1 Å². The van der Waals surface area contributed by atoms with E-state index in [1.807, 2.05) is 18.9 Å². The summed E-state index contributed by atoms with van der Waals surface area (Å²) in [6.45, 7) is 4.85. The lowest BCUT2D eigenvalue weighted by Crippen LogP contribution is -2.33. The Hall–Kier alpha value is -1.77. The molecule has 2 N–H and O–H groups in total. The SMILES string of the molecule is CCCC(=O)OC[C@H](O)CN(C)Cc1nc2sc3c(c2c(=O)[nH]1)CC[C@@H](C)C3. The van der Waals surface area contributed by atoms with Crippen LogP contribution in [-0.4, -0.2) is 52.2 Å². The molecule has 0 amide bonds. The largest absolute Gasteiger partial charge is 0.463 e. The fourth-order valence-corrected chi connectivity index (χ4v) is 5.07. The molecule has 28 heavy (non-hydrogen) atoms. The zero-order chi connectivity index (χ0) is 20.3. The van der Waals surface area contributed by atoms with E-state index >= 15 is 0 Å². The van der Waals surface area contributed by atoms with Crippen molar-refractivity contribution in [2.75, 3.05) is 20.2 Å². The average molecular weight is 408 g/mol. The van der Waals surface area contributed by atoms with Gasteiger partial charge in [-0.3, -0.25) is 14.5 Å². The molecule has 1 aliphatic rings. The zero-order valence-electron chi connectivity index (χ0n) is 16.8. The predicted octanol–water partition coefficient (Wildman–Crippen LogP) is 2.25. The normalized spacial score (nSPS) is 17.7. The summed E-state index contributed by atoms with van der Waals surface area (Å²) in [7, 11) is 1.84. The Morgan fingerprint density at radius 1 is 1.50 bits per heavy atom. The Bertz CT molecular complexity index is 891. The number of nitrogens with zero attached hydrogens (tertiary/aromatic N) is 2. The summed E-state index contributed by atoms with van der Waals surface area (Å²) in [4.78, 5) is 35.6. The first kappa shape index (κ1) is 21.0. The second-order valence-electron chi connectivity index (χ2n) is 7.83. The number of nitrogens with one attached hydrogen (secondary N) is 1. The predicted molar refractivity (Wildman–Crippen MR) is 110 cm³/mol. The zero-order valence-corrected chi connectivity index (χ0v) is 17.6. The van der Waals surface area contributed by atoms with Crippen LogP contribution in [0, 0.1) is 5.92 Å². The highest BCUT2D eigenvalue weighted by molar-refractivity contribution is 7.18. The van der Waals surface area contributed by atoms with Gasteiger partial charge in [0.2, 0.25) is 0 Å². The van der Waals surface area contributed by atoms with E-state index < -0.39 is 6.10 Å². The maximum Gasteiger partial charge on any atom is 0.305 e. The highest BCUT2D eigenvalue weighted by atomic mass is 32.1. The molecule has 154 valence electrons. The number of aliphatic hydroxyl groups is 1. The number of H-pyrrole nitrogens is 1. The first-order chi connectivity index (χ1) is 13.4. The molecule has 0 fully saturated rings. The van der Waals surface area contributed by atoms with Gasteiger partial charge in [0.25, 0.3) is 5.56 Å². The van der Waals surface area contributed by atoms with Crippen LogP contribution in [0.15, 0.2) is 4.79 Å². The Morgan fingerprint density at radius 2 is 2.29 bits per heavy atom. The first-order valence-electron chi connectivity index (χ1n) is 9.93. The number of esters is 1. The van der Waals surface area contributed by atoms with Gasteiger partial charge < -0.3 is 14.8 Å². The van der Waals surface area contributed by atoms with E-state index in [1.165, 1.54) is 10.4 Å². The third-order valence-electron chi connectivity index (χ3n) is 5.05. The molecule has 0 spiro atoms. The van der Waals surface area contributed by atoms with Crippen LogP contribution >= 0.6 is 11.3 Å². The Kier molecular flexibility index (Phi) is 6.85. The van der Waals surface area contributed by atoms with E-state index in [0.717, 1.165) is 35.9 Å². The Labute approximate surface area is 168 Å². The summed E-state index contributed by atoms with van der Waals surface area (Å²) < 4.78 is 5.04. The summed E-state index contributed by atoms with van der Waals surface area (Å²) in [6.07, 6.45) is 3.39. The topological polar surface area (TPSA) is 95.5 Å². The van der Waals surface area contributed by atoms with Crippen molar-refractivity contribution in [1.29, 1.82) is 0 Å². The van der Waals surface area contributed by atoms with Gasteiger partial charge >= 0.3 is 5.97 Å². The van der Waals surface area contributed by atoms with Gasteiger partial charge in [0, 0.05) is 17.8 Å². The number of thiophene rings is 1. The summed E-state index contributed by atoms with van der Waals surface area (Å²) in [5, 5.41) is 10.8. The van der Waals surface area contributed by atoms with Gasteiger partial charge in [-0.25, -0.2) is 4.98 Å². The molecular formula is C20H29N3O4S. The molecule has 0 aliphatic heterocycles. The molecular weight excluding hydrogens is 378 g/mol. The van der Waals surface area contributed by atoms with Crippen LogP contribution in [0.4, 0.5) is 0 Å². The van der Waals surface area contributed by atoms with Crippen molar-refractivity contribution >= 4 is 27.5 Å². The summed E-state index contributed by atoms with van der Waals surface area (Å²) >= 11 is 1.63. The number of ether oxygens (including phenoxy) is 1. The number of fused-ring (bicyclic) bond motifs is 3. The maximum absolute atomic E-state index is 12.6. The van der Waals surface area contributed by atoms with E-state index in [0.29, 0.717) is 31.3 Å². The minimum atomic E-state index is -0.781. The lowest BCUT2D eigenvalue weighted by molar-refractivity contribution is -0.147. The quantitative estimate of drug-likeness (QED) is 0.652. The van der Waals surface area contributed by atoms with Gasteiger partial charge in [-0.2, -0.15) is 0 Å². The molecule has 7 nitrogen and oxygen atoms in total. The van der Waals surface area contributed by atoms with Gasteiger partial charge in [0.05, 0.1) is 11.9 Å². The van der Waals surface area contributed by atoms with Gasteiger partial charge in [0.15, 0.2) is 0 Å². The second kappa shape index (κ2) is 9.15. The van der Waals surface area contributed by atoms with Gasteiger partial charge in [-0.1, -0.05) is 13.8 Å². The van der Waals surface area contributed by atoms with E-state index in [4.69, 9.17) is 4.74 Å². The van der Waals surface area contributed by atoms with E-state index in [1.54, 1.807) is 11.3 Å². The van der Waals surface area contributed by atoms with Crippen molar-refractivity contribution in [3.05, 3.63) is 26.6 Å². The first-order valence-corrected chi connectivity index (χ1v) is 10.7. The lowest BCUT2D eigenvalue weighted by atomic mass is 9.89. The highest BCUT2D eigenvalue weighted by Crippen LogP contribution is 2.35. The van der Waals surface area contributed by atoms with Crippen molar-refractivity contribution in [1.82, 2.24) is 14.9 Å². The average Bonchev–Trinajstić information content (AvgIpc) is 2.97. The van der Waals surface area contributed by atoms with Gasteiger partial charge in [0.1, 0.15) is 23.4 Å². The lowest BCUT2D eigenvalue weighted by Gasteiger charge is -2.20. The standard InChI is InChI=1S/C20H29N3O4S/c1-4-5-17(25)27-11-13(24)9-23(3)10-16-21-19(26)18-14-7-6-12(2)8-15(14)28-20(18)22-16/h12-13,24H,4-11H2,1-3H3,(H,21,22,26)/t12-,13-/m1/s1. The van der Waals surface area contributed by atoms with Crippen LogP contribution in [0.1, 0.15) is 49.4 Å². The van der Waals surface area contributed by atoms with Crippen LogP contribution in [-0.2, 0) is 28.9 Å². The number of carbonyl (C=O) groups excluding carboxylic acids is 1. The number of aryl methyl sites for hydroxylation is 1. The van der Waals surface area contributed by atoms with Crippen LogP contribution in [0.2, 0.25) is 0 Å². The monoisotopic (exact) mass is 407 g/mol.